The first kappa shape index (κ1) is 12.7. The van der Waals surface area contributed by atoms with Crippen molar-refractivity contribution >= 4 is 5.91 Å². The Kier molecular flexibility index (Phi) is 3.62. The second-order valence-corrected chi connectivity index (χ2v) is 4.74. The fraction of sp³-hybridized carbons (Fsp3) is 0.357. The number of H-pyrrole nitrogens is 1. The Hall–Kier alpha value is -2.37. The smallest absolute Gasteiger partial charge is 0.291 e. The molecule has 6 nitrogen and oxygen atoms in total. The number of hydrogen-bond acceptors (Lipinski definition) is 4. The van der Waals surface area contributed by atoms with E-state index in [9.17, 15) is 4.79 Å². The fourth-order valence-electron chi connectivity index (χ4n) is 1.84. The van der Waals surface area contributed by atoms with Crippen molar-refractivity contribution in [1.82, 2.24) is 20.5 Å². The molecule has 0 saturated heterocycles. The van der Waals surface area contributed by atoms with Crippen molar-refractivity contribution in [2.75, 3.05) is 13.2 Å². The molecular formula is C14H16N4O2. The van der Waals surface area contributed by atoms with E-state index in [2.05, 4.69) is 20.5 Å². The molecule has 104 valence electrons. The lowest BCUT2D eigenvalue weighted by Gasteiger charge is -2.06. The Bertz CT molecular complexity index is 578. The van der Waals surface area contributed by atoms with E-state index in [0.717, 1.165) is 24.4 Å². The Morgan fingerprint density at radius 2 is 2.15 bits per heavy atom. The molecule has 1 aliphatic rings. The van der Waals surface area contributed by atoms with Crippen molar-refractivity contribution in [3.8, 4) is 5.75 Å². The molecule has 3 rings (SSSR count). The molecule has 0 radical (unpaired) electrons. The number of aromatic amines is 1. The summed E-state index contributed by atoms with van der Waals surface area (Å²) < 4.78 is 5.48. The van der Waals surface area contributed by atoms with Crippen molar-refractivity contribution in [3.05, 3.63) is 42.0 Å². The minimum atomic E-state index is -0.273. The fourth-order valence-corrected chi connectivity index (χ4v) is 1.84. The third-order valence-corrected chi connectivity index (χ3v) is 3.07. The van der Waals surface area contributed by atoms with Gasteiger partial charge in [-0.25, -0.2) is 4.98 Å². The first-order valence-electron chi connectivity index (χ1n) is 6.71. The molecule has 1 aromatic carbocycles. The Morgan fingerprint density at radius 3 is 2.90 bits per heavy atom. The Morgan fingerprint density at radius 1 is 1.35 bits per heavy atom. The number of benzene rings is 1. The molecule has 1 saturated carbocycles. The van der Waals surface area contributed by atoms with Crippen LogP contribution in [0.4, 0.5) is 0 Å². The standard InChI is InChI=1S/C14H16N4O2/c19-14(13-16-12(17-18-13)10-6-7-10)15-8-9-20-11-4-2-1-3-5-11/h1-5,10H,6-9H2,(H,15,19)(H,16,17,18). The summed E-state index contributed by atoms with van der Waals surface area (Å²) >= 11 is 0. The van der Waals surface area contributed by atoms with Gasteiger partial charge in [0.15, 0.2) is 0 Å². The van der Waals surface area contributed by atoms with Gasteiger partial charge in [-0.05, 0) is 25.0 Å². The van der Waals surface area contributed by atoms with Crippen molar-refractivity contribution in [2.24, 2.45) is 0 Å². The Labute approximate surface area is 116 Å². The highest BCUT2D eigenvalue weighted by atomic mass is 16.5. The average molecular weight is 272 g/mol. The highest BCUT2D eigenvalue weighted by Gasteiger charge is 2.28. The molecule has 0 unspecified atom stereocenters. The maximum atomic E-state index is 11.8. The zero-order valence-corrected chi connectivity index (χ0v) is 11.0. The molecule has 0 atom stereocenters. The number of hydrogen-bond donors (Lipinski definition) is 2. The molecule has 1 aromatic heterocycles. The largest absolute Gasteiger partial charge is 0.492 e. The van der Waals surface area contributed by atoms with Gasteiger partial charge in [0.2, 0.25) is 5.82 Å². The van der Waals surface area contributed by atoms with E-state index in [1.165, 1.54) is 0 Å². The average Bonchev–Trinajstić information content (AvgIpc) is 3.22. The van der Waals surface area contributed by atoms with Crippen LogP contribution in [-0.4, -0.2) is 34.2 Å². The van der Waals surface area contributed by atoms with Crippen LogP contribution in [0.5, 0.6) is 5.75 Å². The maximum Gasteiger partial charge on any atom is 0.291 e. The van der Waals surface area contributed by atoms with E-state index in [-0.39, 0.29) is 11.7 Å². The summed E-state index contributed by atoms with van der Waals surface area (Å²) in [6.07, 6.45) is 2.25. The minimum absolute atomic E-state index is 0.201. The highest BCUT2D eigenvalue weighted by molar-refractivity contribution is 5.90. The summed E-state index contributed by atoms with van der Waals surface area (Å²) in [4.78, 5) is 16.0. The summed E-state index contributed by atoms with van der Waals surface area (Å²) in [6.45, 7) is 0.830. The van der Waals surface area contributed by atoms with Crippen molar-refractivity contribution in [2.45, 2.75) is 18.8 Å². The van der Waals surface area contributed by atoms with Crippen molar-refractivity contribution < 1.29 is 9.53 Å². The predicted molar refractivity (Wildman–Crippen MR) is 72.6 cm³/mol. The number of amides is 1. The van der Waals surface area contributed by atoms with Crippen LogP contribution >= 0.6 is 0 Å². The zero-order chi connectivity index (χ0) is 13.8. The first-order valence-corrected chi connectivity index (χ1v) is 6.71. The lowest BCUT2D eigenvalue weighted by molar-refractivity contribution is 0.0937. The number of ether oxygens (including phenoxy) is 1. The number of nitrogens with one attached hydrogen (secondary N) is 2. The highest BCUT2D eigenvalue weighted by Crippen LogP contribution is 2.37. The SMILES string of the molecule is O=C(NCCOc1ccccc1)c1n[nH]c(C2CC2)n1. The van der Waals surface area contributed by atoms with Gasteiger partial charge in [-0.15, -0.1) is 5.10 Å². The summed E-state index contributed by atoms with van der Waals surface area (Å²) in [6, 6.07) is 9.48. The molecule has 1 amide bonds. The van der Waals surface area contributed by atoms with Gasteiger partial charge in [-0.3, -0.25) is 9.89 Å². The number of aromatic nitrogens is 3. The minimum Gasteiger partial charge on any atom is -0.492 e. The maximum absolute atomic E-state index is 11.8. The van der Waals surface area contributed by atoms with Crippen LogP contribution in [0.1, 0.15) is 35.2 Å². The molecule has 2 N–H and O–H groups in total. The molecule has 1 fully saturated rings. The van der Waals surface area contributed by atoms with Crippen LogP contribution in [0, 0.1) is 0 Å². The third kappa shape index (κ3) is 3.14. The van der Waals surface area contributed by atoms with Crippen LogP contribution < -0.4 is 10.1 Å². The molecular weight excluding hydrogens is 256 g/mol. The summed E-state index contributed by atoms with van der Waals surface area (Å²) in [5.74, 6) is 1.99. The van der Waals surface area contributed by atoms with Crippen molar-refractivity contribution in [3.63, 3.8) is 0 Å². The molecule has 2 aromatic rings. The summed E-state index contributed by atoms with van der Waals surface area (Å²) in [5.41, 5.74) is 0. The van der Waals surface area contributed by atoms with Gasteiger partial charge in [0, 0.05) is 5.92 Å². The van der Waals surface area contributed by atoms with E-state index in [4.69, 9.17) is 4.74 Å². The van der Waals surface area contributed by atoms with Gasteiger partial charge in [-0.1, -0.05) is 18.2 Å². The second-order valence-electron chi connectivity index (χ2n) is 4.74. The van der Waals surface area contributed by atoms with Crippen LogP contribution in [-0.2, 0) is 0 Å². The second kappa shape index (κ2) is 5.73. The number of nitrogens with zero attached hydrogens (tertiary/aromatic N) is 2. The van der Waals surface area contributed by atoms with Gasteiger partial charge >= 0.3 is 0 Å². The zero-order valence-electron chi connectivity index (χ0n) is 11.0. The normalized spacial score (nSPS) is 14.0. The lowest BCUT2D eigenvalue weighted by atomic mass is 10.3. The molecule has 6 heteroatoms. The van der Waals surface area contributed by atoms with Crippen LogP contribution in [0.2, 0.25) is 0 Å². The molecule has 0 bridgehead atoms. The lowest BCUT2D eigenvalue weighted by Crippen LogP contribution is -2.29. The quantitative estimate of drug-likeness (QED) is 0.781. The van der Waals surface area contributed by atoms with E-state index < -0.39 is 0 Å². The summed E-state index contributed by atoms with van der Waals surface area (Å²) in [7, 11) is 0. The van der Waals surface area contributed by atoms with Crippen LogP contribution in [0.3, 0.4) is 0 Å². The van der Waals surface area contributed by atoms with Gasteiger partial charge in [0.25, 0.3) is 5.91 Å². The summed E-state index contributed by atoms with van der Waals surface area (Å²) in [5, 5.41) is 9.47. The van der Waals surface area contributed by atoms with Crippen LogP contribution in [0.15, 0.2) is 30.3 Å². The van der Waals surface area contributed by atoms with Gasteiger partial charge in [0.05, 0.1) is 6.54 Å². The van der Waals surface area contributed by atoms with Crippen molar-refractivity contribution in [1.29, 1.82) is 0 Å². The molecule has 0 spiro atoms. The van der Waals surface area contributed by atoms with Crippen LogP contribution in [0.25, 0.3) is 0 Å². The molecule has 20 heavy (non-hydrogen) atoms. The molecule has 1 aliphatic carbocycles. The van der Waals surface area contributed by atoms with E-state index in [0.29, 0.717) is 19.1 Å². The number of para-hydroxylation sites is 1. The number of carbonyl (C=O) groups excluding carboxylic acids is 1. The predicted octanol–water partition coefficient (Wildman–Crippen LogP) is 1.49. The number of carbonyl (C=O) groups is 1. The van der Waals surface area contributed by atoms with Gasteiger partial charge in [0.1, 0.15) is 18.2 Å². The van der Waals surface area contributed by atoms with E-state index >= 15 is 0 Å². The van der Waals surface area contributed by atoms with E-state index in [1.54, 1.807) is 0 Å². The molecule has 1 heterocycles. The van der Waals surface area contributed by atoms with Gasteiger partial charge in [-0.2, -0.15) is 0 Å². The van der Waals surface area contributed by atoms with E-state index in [1.807, 2.05) is 30.3 Å². The topological polar surface area (TPSA) is 79.9 Å². The monoisotopic (exact) mass is 272 g/mol. The molecule has 0 aliphatic heterocycles. The van der Waals surface area contributed by atoms with Gasteiger partial charge < -0.3 is 10.1 Å². The Balaban J connectivity index is 1.42. The first-order chi connectivity index (χ1) is 9.83. The third-order valence-electron chi connectivity index (χ3n) is 3.07. The number of rotatable bonds is 6.